The van der Waals surface area contributed by atoms with Gasteiger partial charge in [0.15, 0.2) is 0 Å². The van der Waals surface area contributed by atoms with Crippen molar-refractivity contribution in [3.63, 3.8) is 0 Å². The average molecular weight is 346 g/mol. The first-order valence-corrected chi connectivity index (χ1v) is 9.01. The molecule has 0 radical (unpaired) electrons. The van der Waals surface area contributed by atoms with Crippen LogP contribution in [0.4, 0.5) is 10.6 Å². The van der Waals surface area contributed by atoms with Crippen molar-refractivity contribution in [3.05, 3.63) is 23.9 Å². The molecule has 136 valence electrons. The maximum atomic E-state index is 12.4. The van der Waals surface area contributed by atoms with Crippen molar-refractivity contribution in [3.8, 4) is 0 Å². The highest BCUT2D eigenvalue weighted by atomic mass is 16.5. The van der Waals surface area contributed by atoms with Crippen LogP contribution in [0.25, 0.3) is 0 Å². The summed E-state index contributed by atoms with van der Waals surface area (Å²) in [5.74, 6) is 0.490. The van der Waals surface area contributed by atoms with Crippen molar-refractivity contribution in [2.75, 3.05) is 31.6 Å². The number of ether oxygens (including phenoxy) is 1. The van der Waals surface area contributed by atoms with E-state index in [4.69, 9.17) is 4.74 Å². The topological polar surface area (TPSA) is 83.6 Å². The molecule has 25 heavy (non-hydrogen) atoms. The number of hydrogen-bond acceptors (Lipinski definition) is 4. The number of aryl methyl sites for hydroxylation is 1. The average Bonchev–Trinajstić information content (AvgIpc) is 3.13. The number of amides is 3. The minimum absolute atomic E-state index is 0.0162. The fourth-order valence-corrected chi connectivity index (χ4v) is 3.30. The molecule has 0 bridgehead atoms. The summed E-state index contributed by atoms with van der Waals surface area (Å²) in [4.78, 5) is 30.7. The van der Waals surface area contributed by atoms with Crippen LogP contribution in [0.5, 0.6) is 0 Å². The highest BCUT2D eigenvalue weighted by Gasteiger charge is 2.28. The number of pyridine rings is 1. The zero-order valence-electron chi connectivity index (χ0n) is 14.7. The lowest BCUT2D eigenvalue weighted by Gasteiger charge is -2.31. The summed E-state index contributed by atoms with van der Waals surface area (Å²) in [5.41, 5.74) is 0.871. The number of urea groups is 1. The summed E-state index contributed by atoms with van der Waals surface area (Å²) in [5, 5.41) is 5.81. The van der Waals surface area contributed by atoms with Crippen LogP contribution in [0.3, 0.4) is 0 Å². The molecule has 3 rings (SSSR count). The van der Waals surface area contributed by atoms with Crippen LogP contribution >= 0.6 is 0 Å². The van der Waals surface area contributed by atoms with Gasteiger partial charge in [-0.2, -0.15) is 0 Å². The van der Waals surface area contributed by atoms with Gasteiger partial charge in [-0.05, 0) is 44.7 Å². The molecule has 7 nitrogen and oxygen atoms in total. The van der Waals surface area contributed by atoms with Crippen LogP contribution in [0.1, 0.15) is 31.4 Å². The van der Waals surface area contributed by atoms with Gasteiger partial charge < -0.3 is 20.3 Å². The Kier molecular flexibility index (Phi) is 5.86. The lowest BCUT2D eigenvalue weighted by Crippen LogP contribution is -2.47. The summed E-state index contributed by atoms with van der Waals surface area (Å²) in [7, 11) is 0. The molecule has 2 aliphatic heterocycles. The van der Waals surface area contributed by atoms with Gasteiger partial charge in [0.25, 0.3) is 0 Å². The van der Waals surface area contributed by atoms with Crippen molar-refractivity contribution in [2.24, 2.45) is 5.92 Å². The third kappa shape index (κ3) is 4.92. The van der Waals surface area contributed by atoms with E-state index in [0.29, 0.717) is 38.3 Å². The molecule has 1 atom stereocenters. The van der Waals surface area contributed by atoms with E-state index in [1.807, 2.05) is 19.1 Å². The lowest BCUT2D eigenvalue weighted by molar-refractivity contribution is -0.121. The third-order valence-corrected chi connectivity index (χ3v) is 4.80. The molecule has 0 unspecified atom stereocenters. The molecule has 1 aromatic rings. The van der Waals surface area contributed by atoms with Crippen LogP contribution < -0.4 is 10.6 Å². The standard InChI is InChI=1S/C18H26N4O3/c1-13-4-2-6-16(20-13)21-17(23)14-7-9-22(10-8-14)18(24)19-12-15-5-3-11-25-15/h2,4,6,14-15H,3,5,7-12H2,1H3,(H,19,24)(H,20,21,23)/t15-/m0/s1. The smallest absolute Gasteiger partial charge is 0.317 e. The Labute approximate surface area is 148 Å². The van der Waals surface area contributed by atoms with E-state index in [0.717, 1.165) is 25.1 Å². The molecule has 2 saturated heterocycles. The second-order valence-corrected chi connectivity index (χ2v) is 6.74. The number of carbonyl (C=O) groups excluding carboxylic acids is 2. The highest BCUT2D eigenvalue weighted by molar-refractivity contribution is 5.91. The van der Waals surface area contributed by atoms with Crippen LogP contribution in [-0.4, -0.2) is 54.2 Å². The molecule has 0 saturated carbocycles. The number of nitrogens with zero attached hydrogens (tertiary/aromatic N) is 2. The Morgan fingerprint density at radius 1 is 1.28 bits per heavy atom. The van der Waals surface area contributed by atoms with Gasteiger partial charge in [0, 0.05) is 37.9 Å². The second kappa shape index (κ2) is 8.29. The number of carbonyl (C=O) groups is 2. The number of likely N-dealkylation sites (tertiary alicyclic amines) is 1. The Bertz CT molecular complexity index is 608. The van der Waals surface area contributed by atoms with E-state index in [9.17, 15) is 9.59 Å². The molecule has 3 amide bonds. The number of hydrogen-bond donors (Lipinski definition) is 2. The monoisotopic (exact) mass is 346 g/mol. The Hall–Kier alpha value is -2.15. The van der Waals surface area contributed by atoms with Crippen LogP contribution in [-0.2, 0) is 9.53 Å². The van der Waals surface area contributed by atoms with Crippen molar-refractivity contribution >= 4 is 17.8 Å². The number of piperidine rings is 1. The summed E-state index contributed by atoms with van der Waals surface area (Å²) in [6.07, 6.45) is 3.57. The Morgan fingerprint density at radius 3 is 2.76 bits per heavy atom. The van der Waals surface area contributed by atoms with Crippen molar-refractivity contribution in [1.82, 2.24) is 15.2 Å². The second-order valence-electron chi connectivity index (χ2n) is 6.74. The summed E-state index contributed by atoms with van der Waals surface area (Å²) in [6.45, 7) is 4.44. The quantitative estimate of drug-likeness (QED) is 0.872. The summed E-state index contributed by atoms with van der Waals surface area (Å²) < 4.78 is 5.51. The normalized spacial score (nSPS) is 21.2. The van der Waals surface area contributed by atoms with Crippen molar-refractivity contribution in [1.29, 1.82) is 0 Å². The minimum Gasteiger partial charge on any atom is -0.376 e. The maximum Gasteiger partial charge on any atom is 0.317 e. The summed E-state index contributed by atoms with van der Waals surface area (Å²) in [6, 6.07) is 5.50. The predicted molar refractivity (Wildman–Crippen MR) is 94.3 cm³/mol. The molecule has 7 heteroatoms. The molecule has 2 aliphatic rings. The minimum atomic E-state index is -0.0791. The van der Waals surface area contributed by atoms with E-state index in [1.54, 1.807) is 11.0 Å². The molecule has 0 aliphatic carbocycles. The fraction of sp³-hybridized carbons (Fsp3) is 0.611. The highest BCUT2D eigenvalue weighted by Crippen LogP contribution is 2.19. The van der Waals surface area contributed by atoms with E-state index in [-0.39, 0.29) is 24.0 Å². The molecule has 0 aromatic carbocycles. The van der Waals surface area contributed by atoms with Gasteiger partial charge in [0.1, 0.15) is 5.82 Å². The van der Waals surface area contributed by atoms with Crippen LogP contribution in [0, 0.1) is 12.8 Å². The van der Waals surface area contributed by atoms with E-state index < -0.39 is 0 Å². The van der Waals surface area contributed by atoms with E-state index >= 15 is 0 Å². The fourth-order valence-electron chi connectivity index (χ4n) is 3.30. The molecular formula is C18H26N4O3. The van der Waals surface area contributed by atoms with Gasteiger partial charge in [-0.1, -0.05) is 6.07 Å². The molecule has 3 heterocycles. The SMILES string of the molecule is Cc1cccc(NC(=O)C2CCN(C(=O)NC[C@@H]3CCCO3)CC2)n1. The first-order chi connectivity index (χ1) is 12.1. The maximum absolute atomic E-state index is 12.4. The zero-order chi connectivity index (χ0) is 17.6. The summed E-state index contributed by atoms with van der Waals surface area (Å²) >= 11 is 0. The first-order valence-electron chi connectivity index (χ1n) is 9.01. The van der Waals surface area contributed by atoms with Gasteiger partial charge >= 0.3 is 6.03 Å². The van der Waals surface area contributed by atoms with Gasteiger partial charge in [-0.3, -0.25) is 4.79 Å². The van der Waals surface area contributed by atoms with Gasteiger partial charge in [0.05, 0.1) is 6.10 Å². The van der Waals surface area contributed by atoms with Crippen LogP contribution in [0.15, 0.2) is 18.2 Å². The lowest BCUT2D eigenvalue weighted by atomic mass is 9.96. The van der Waals surface area contributed by atoms with E-state index in [1.165, 1.54) is 0 Å². The Morgan fingerprint density at radius 2 is 2.08 bits per heavy atom. The number of nitrogens with one attached hydrogen (secondary N) is 2. The molecule has 1 aromatic heterocycles. The molecule has 2 fully saturated rings. The van der Waals surface area contributed by atoms with Gasteiger partial charge in [0.2, 0.25) is 5.91 Å². The van der Waals surface area contributed by atoms with E-state index in [2.05, 4.69) is 15.6 Å². The van der Waals surface area contributed by atoms with Gasteiger partial charge in [-0.15, -0.1) is 0 Å². The Balaban J connectivity index is 1.41. The first kappa shape index (κ1) is 17.7. The number of aromatic nitrogens is 1. The van der Waals surface area contributed by atoms with Gasteiger partial charge in [-0.25, -0.2) is 9.78 Å². The largest absolute Gasteiger partial charge is 0.376 e. The number of rotatable bonds is 4. The molecular weight excluding hydrogens is 320 g/mol. The molecule has 0 spiro atoms. The van der Waals surface area contributed by atoms with Crippen LogP contribution in [0.2, 0.25) is 0 Å². The van der Waals surface area contributed by atoms with Crippen molar-refractivity contribution in [2.45, 2.75) is 38.7 Å². The zero-order valence-corrected chi connectivity index (χ0v) is 14.7. The van der Waals surface area contributed by atoms with Crippen molar-refractivity contribution < 1.29 is 14.3 Å². The predicted octanol–water partition coefficient (Wildman–Crippen LogP) is 1.93. The third-order valence-electron chi connectivity index (χ3n) is 4.80. The molecule has 2 N–H and O–H groups in total. The number of anilines is 1.